The summed E-state index contributed by atoms with van der Waals surface area (Å²) in [6, 6.07) is 6.74. The second-order valence-electron chi connectivity index (χ2n) is 8.44. The van der Waals surface area contributed by atoms with Crippen molar-refractivity contribution in [3.05, 3.63) is 30.1 Å². The minimum Gasteiger partial charge on any atom is -0.202 e. The zero-order chi connectivity index (χ0) is 19.4. The lowest BCUT2D eigenvalue weighted by molar-refractivity contribution is -0.704. The molecule has 1 heterocycles. The van der Waals surface area contributed by atoms with Crippen LogP contribution in [0.4, 0.5) is 0 Å². The molecule has 0 aliphatic carbocycles. The molecule has 0 saturated carbocycles. The Morgan fingerprint density at radius 1 is 0.556 bits per heavy atom. The van der Waals surface area contributed by atoms with Gasteiger partial charge >= 0.3 is 0 Å². The number of unbranched alkanes of at least 4 members (excludes halogenated alkanes) is 15. The summed E-state index contributed by atoms with van der Waals surface area (Å²) >= 11 is 0. The number of hydrogen-bond donors (Lipinski definition) is 0. The number of aromatic nitrogens is 1. The monoisotopic (exact) mass is 374 g/mol. The van der Waals surface area contributed by atoms with Gasteiger partial charge in [-0.2, -0.15) is 0 Å². The largest absolute Gasteiger partial charge is 0.202 e. The molecular formula is C26H48N+. The van der Waals surface area contributed by atoms with Crippen LogP contribution in [0.15, 0.2) is 24.4 Å². The molecule has 0 bridgehead atoms. The third kappa shape index (κ3) is 13.9. The molecule has 1 heteroatoms. The zero-order valence-corrected chi connectivity index (χ0v) is 18.7. The molecule has 27 heavy (non-hydrogen) atoms. The first-order valence-corrected chi connectivity index (χ1v) is 12.4. The Kier molecular flexibility index (Phi) is 16.6. The Morgan fingerprint density at radius 3 is 1.59 bits per heavy atom. The van der Waals surface area contributed by atoms with Crippen LogP contribution in [0, 0.1) is 0 Å². The molecule has 0 aliphatic rings. The van der Waals surface area contributed by atoms with E-state index in [2.05, 4.69) is 42.8 Å². The van der Waals surface area contributed by atoms with Crippen molar-refractivity contribution in [3.8, 4) is 0 Å². The van der Waals surface area contributed by atoms with Crippen molar-refractivity contribution in [2.24, 2.45) is 0 Å². The first kappa shape index (κ1) is 24.2. The Morgan fingerprint density at radius 2 is 1.04 bits per heavy atom. The van der Waals surface area contributed by atoms with Gasteiger partial charge < -0.3 is 0 Å². The van der Waals surface area contributed by atoms with Crippen molar-refractivity contribution < 1.29 is 4.57 Å². The molecule has 0 aliphatic heterocycles. The van der Waals surface area contributed by atoms with Crippen LogP contribution in [0.5, 0.6) is 0 Å². The number of aryl methyl sites for hydroxylation is 2. The van der Waals surface area contributed by atoms with E-state index in [1.807, 2.05) is 0 Å². The number of rotatable bonds is 19. The van der Waals surface area contributed by atoms with Crippen molar-refractivity contribution in [1.29, 1.82) is 0 Å². The third-order valence-electron chi connectivity index (χ3n) is 5.82. The number of pyridine rings is 1. The Hall–Kier alpha value is -0.850. The molecule has 0 N–H and O–H groups in total. The van der Waals surface area contributed by atoms with Gasteiger partial charge in [0.1, 0.15) is 6.54 Å². The van der Waals surface area contributed by atoms with Gasteiger partial charge in [0.25, 0.3) is 0 Å². The summed E-state index contributed by atoms with van der Waals surface area (Å²) in [6.07, 6.45) is 27.6. The van der Waals surface area contributed by atoms with E-state index in [1.54, 1.807) is 5.69 Å². The average molecular weight is 375 g/mol. The summed E-state index contributed by atoms with van der Waals surface area (Å²) < 4.78 is 2.50. The Bertz CT molecular complexity index is 426. The van der Waals surface area contributed by atoms with E-state index < -0.39 is 0 Å². The van der Waals surface area contributed by atoms with Crippen LogP contribution < -0.4 is 4.57 Å². The molecule has 0 radical (unpaired) electrons. The molecule has 0 unspecified atom stereocenters. The van der Waals surface area contributed by atoms with Gasteiger partial charge in [0.15, 0.2) is 11.9 Å². The van der Waals surface area contributed by atoms with Gasteiger partial charge in [-0.1, -0.05) is 110 Å². The summed E-state index contributed by atoms with van der Waals surface area (Å²) in [6.45, 7) is 5.79. The number of hydrogen-bond acceptors (Lipinski definition) is 0. The van der Waals surface area contributed by atoms with E-state index >= 15 is 0 Å². The highest BCUT2D eigenvalue weighted by atomic mass is 14.9. The van der Waals surface area contributed by atoms with Crippen LogP contribution in [0.3, 0.4) is 0 Å². The molecule has 1 aromatic rings. The van der Waals surface area contributed by atoms with Gasteiger partial charge in [0.05, 0.1) is 0 Å². The molecule has 0 saturated heterocycles. The van der Waals surface area contributed by atoms with Gasteiger partial charge in [-0.25, -0.2) is 4.57 Å². The molecule has 0 atom stereocenters. The van der Waals surface area contributed by atoms with Crippen molar-refractivity contribution >= 4 is 0 Å². The highest BCUT2D eigenvalue weighted by molar-refractivity contribution is 4.97. The van der Waals surface area contributed by atoms with Gasteiger partial charge in [-0.05, 0) is 12.8 Å². The number of nitrogens with zero attached hydrogens (tertiary/aromatic N) is 1. The van der Waals surface area contributed by atoms with Gasteiger partial charge in [0.2, 0.25) is 0 Å². The zero-order valence-electron chi connectivity index (χ0n) is 18.7. The van der Waals surface area contributed by atoms with E-state index in [0.29, 0.717) is 0 Å². The normalized spacial score (nSPS) is 11.2. The van der Waals surface area contributed by atoms with Crippen LogP contribution in [-0.2, 0) is 13.0 Å². The molecule has 0 amide bonds. The fraction of sp³-hybridized carbons (Fsp3) is 0.808. The SMILES string of the molecule is CCCCCCCCCCCCCCc1cccc[n+]1CCCCCCC. The molecular weight excluding hydrogens is 326 g/mol. The van der Waals surface area contributed by atoms with Crippen molar-refractivity contribution in [1.82, 2.24) is 0 Å². The molecule has 0 aromatic carbocycles. The van der Waals surface area contributed by atoms with Gasteiger partial charge in [0, 0.05) is 25.0 Å². The quantitative estimate of drug-likeness (QED) is 0.170. The fourth-order valence-corrected chi connectivity index (χ4v) is 3.99. The summed E-state index contributed by atoms with van der Waals surface area (Å²) in [5, 5.41) is 0. The van der Waals surface area contributed by atoms with Crippen LogP contribution in [0.25, 0.3) is 0 Å². The van der Waals surface area contributed by atoms with E-state index in [0.717, 1.165) is 0 Å². The van der Waals surface area contributed by atoms with E-state index in [1.165, 1.54) is 122 Å². The van der Waals surface area contributed by atoms with Crippen LogP contribution in [-0.4, -0.2) is 0 Å². The molecule has 0 spiro atoms. The lowest BCUT2D eigenvalue weighted by Crippen LogP contribution is -2.37. The predicted octanol–water partition coefficient (Wildman–Crippen LogP) is 8.19. The molecule has 1 aromatic heterocycles. The Balaban J connectivity index is 2.01. The van der Waals surface area contributed by atoms with Crippen LogP contribution in [0.1, 0.15) is 129 Å². The smallest absolute Gasteiger partial charge is 0.181 e. The summed E-state index contributed by atoms with van der Waals surface area (Å²) in [5.41, 5.74) is 1.54. The van der Waals surface area contributed by atoms with E-state index in [9.17, 15) is 0 Å². The van der Waals surface area contributed by atoms with Crippen molar-refractivity contribution in [3.63, 3.8) is 0 Å². The first-order chi connectivity index (χ1) is 13.4. The van der Waals surface area contributed by atoms with E-state index in [4.69, 9.17) is 0 Å². The van der Waals surface area contributed by atoms with Crippen molar-refractivity contribution in [2.75, 3.05) is 0 Å². The maximum Gasteiger partial charge on any atom is 0.181 e. The minimum absolute atomic E-state index is 1.21. The predicted molar refractivity (Wildman–Crippen MR) is 120 cm³/mol. The topological polar surface area (TPSA) is 3.88 Å². The minimum atomic E-state index is 1.21. The fourth-order valence-electron chi connectivity index (χ4n) is 3.99. The summed E-state index contributed by atoms with van der Waals surface area (Å²) in [7, 11) is 0. The Labute approximate surface area is 171 Å². The van der Waals surface area contributed by atoms with Crippen molar-refractivity contribution in [2.45, 2.75) is 136 Å². The lowest BCUT2D eigenvalue weighted by atomic mass is 10.0. The van der Waals surface area contributed by atoms with Crippen LogP contribution >= 0.6 is 0 Å². The third-order valence-corrected chi connectivity index (χ3v) is 5.82. The van der Waals surface area contributed by atoms with Gasteiger partial charge in [-0.3, -0.25) is 0 Å². The highest BCUT2D eigenvalue weighted by Crippen LogP contribution is 2.12. The van der Waals surface area contributed by atoms with E-state index in [-0.39, 0.29) is 0 Å². The first-order valence-electron chi connectivity index (χ1n) is 12.4. The second-order valence-corrected chi connectivity index (χ2v) is 8.44. The molecule has 0 fully saturated rings. The van der Waals surface area contributed by atoms with Gasteiger partial charge in [-0.15, -0.1) is 0 Å². The molecule has 1 rings (SSSR count). The molecule has 1 nitrogen and oxygen atoms in total. The second kappa shape index (κ2) is 18.5. The summed E-state index contributed by atoms with van der Waals surface area (Å²) in [4.78, 5) is 0. The standard InChI is InChI=1S/C26H48N/c1-3-5-7-9-10-11-12-13-14-15-16-18-22-26-23-19-21-25-27(26)24-20-17-8-6-4-2/h19,21,23,25H,3-18,20,22,24H2,1-2H3/q+1. The summed E-state index contributed by atoms with van der Waals surface area (Å²) in [5.74, 6) is 0. The highest BCUT2D eigenvalue weighted by Gasteiger charge is 2.08. The lowest BCUT2D eigenvalue weighted by Gasteiger charge is -2.05. The van der Waals surface area contributed by atoms with Crippen LogP contribution in [0.2, 0.25) is 0 Å². The maximum absolute atomic E-state index is 2.50. The average Bonchev–Trinajstić information content (AvgIpc) is 2.69. The maximum atomic E-state index is 2.50. The molecule has 156 valence electrons.